The highest BCUT2D eigenvalue weighted by Gasteiger charge is 2.14. The summed E-state index contributed by atoms with van der Waals surface area (Å²) in [6.07, 6.45) is 1.38. The van der Waals surface area contributed by atoms with Crippen LogP contribution in [0.4, 0.5) is 0 Å². The van der Waals surface area contributed by atoms with Crippen LogP contribution >= 0.6 is 23.2 Å². The standard InChI is InChI=1S/C27H28Cl2N2O5/c1-3-18-6-5-7-21(14-18)36-17-24-22(28)15-23(29)27(34)31(24)13-12-19-8-10-20(11-9-19)26(33)30-16-25(32)35-4-2/h5-11,14-15H,3-4,12-13,16-17H2,1-2H3,(H,30,33). The molecule has 9 heteroatoms. The van der Waals surface area contributed by atoms with Gasteiger partial charge in [-0.2, -0.15) is 0 Å². The van der Waals surface area contributed by atoms with Gasteiger partial charge in [0.15, 0.2) is 0 Å². The zero-order valence-corrected chi connectivity index (χ0v) is 21.7. The fourth-order valence-corrected chi connectivity index (χ4v) is 4.09. The van der Waals surface area contributed by atoms with Crippen LogP contribution in [0.25, 0.3) is 0 Å². The number of hydrogen-bond donors (Lipinski definition) is 1. The fourth-order valence-electron chi connectivity index (χ4n) is 3.56. The van der Waals surface area contributed by atoms with Gasteiger partial charge in [-0.3, -0.25) is 14.4 Å². The number of carbonyl (C=O) groups is 2. The Kier molecular flexibility index (Phi) is 9.96. The van der Waals surface area contributed by atoms with E-state index in [1.165, 1.54) is 10.6 Å². The lowest BCUT2D eigenvalue weighted by Crippen LogP contribution is -2.30. The van der Waals surface area contributed by atoms with Gasteiger partial charge in [0.1, 0.15) is 23.9 Å². The number of esters is 1. The van der Waals surface area contributed by atoms with Crippen molar-refractivity contribution in [3.8, 4) is 5.75 Å². The number of pyridine rings is 1. The van der Waals surface area contributed by atoms with Crippen LogP contribution in [0.2, 0.25) is 10.0 Å². The van der Waals surface area contributed by atoms with E-state index in [0.717, 1.165) is 17.5 Å². The summed E-state index contributed by atoms with van der Waals surface area (Å²) in [5, 5.41) is 2.90. The summed E-state index contributed by atoms with van der Waals surface area (Å²) in [5.41, 5.74) is 2.64. The second-order valence-corrected chi connectivity index (χ2v) is 8.78. The Morgan fingerprint density at radius 2 is 1.72 bits per heavy atom. The monoisotopic (exact) mass is 530 g/mol. The Balaban J connectivity index is 1.69. The molecule has 0 fully saturated rings. The summed E-state index contributed by atoms with van der Waals surface area (Å²) in [4.78, 5) is 36.5. The number of hydrogen-bond acceptors (Lipinski definition) is 5. The van der Waals surface area contributed by atoms with E-state index in [-0.39, 0.29) is 36.2 Å². The van der Waals surface area contributed by atoms with Crippen LogP contribution in [0.15, 0.2) is 59.4 Å². The number of ether oxygens (including phenoxy) is 2. The highest BCUT2D eigenvalue weighted by molar-refractivity contribution is 6.34. The Morgan fingerprint density at radius 1 is 0.972 bits per heavy atom. The molecule has 190 valence electrons. The summed E-state index contributed by atoms with van der Waals surface area (Å²) in [7, 11) is 0. The van der Waals surface area contributed by atoms with Crippen LogP contribution in [-0.2, 0) is 35.5 Å². The molecule has 0 saturated carbocycles. The van der Waals surface area contributed by atoms with Crippen molar-refractivity contribution in [2.75, 3.05) is 13.2 Å². The summed E-state index contributed by atoms with van der Waals surface area (Å²) < 4.78 is 12.3. The first-order valence-corrected chi connectivity index (χ1v) is 12.4. The van der Waals surface area contributed by atoms with Gasteiger partial charge in [-0.1, -0.05) is 54.4 Å². The first kappa shape index (κ1) is 27.3. The maximum Gasteiger partial charge on any atom is 0.325 e. The molecule has 0 unspecified atom stereocenters. The molecule has 0 spiro atoms. The zero-order valence-electron chi connectivity index (χ0n) is 20.2. The summed E-state index contributed by atoms with van der Waals surface area (Å²) in [6.45, 7) is 4.25. The van der Waals surface area contributed by atoms with Crippen LogP contribution in [-0.4, -0.2) is 29.6 Å². The SMILES string of the molecule is CCOC(=O)CNC(=O)c1ccc(CCn2c(COc3cccc(CC)c3)c(Cl)cc(Cl)c2=O)cc1. The molecule has 1 N–H and O–H groups in total. The van der Waals surface area contributed by atoms with E-state index in [2.05, 4.69) is 12.2 Å². The zero-order chi connectivity index (χ0) is 26.1. The number of carbonyl (C=O) groups excluding carboxylic acids is 2. The predicted molar refractivity (Wildman–Crippen MR) is 140 cm³/mol. The molecule has 36 heavy (non-hydrogen) atoms. The lowest BCUT2D eigenvalue weighted by Gasteiger charge is -2.16. The van der Waals surface area contributed by atoms with Gasteiger partial charge in [-0.25, -0.2) is 0 Å². The Bertz CT molecular complexity index is 1270. The van der Waals surface area contributed by atoms with Crippen molar-refractivity contribution in [3.63, 3.8) is 0 Å². The van der Waals surface area contributed by atoms with Gasteiger partial charge in [0.25, 0.3) is 11.5 Å². The average molecular weight is 531 g/mol. The second-order valence-electron chi connectivity index (χ2n) is 7.97. The highest BCUT2D eigenvalue weighted by Crippen LogP contribution is 2.22. The summed E-state index contributed by atoms with van der Waals surface area (Å²) in [5.74, 6) is -0.179. The van der Waals surface area contributed by atoms with Crippen molar-refractivity contribution in [3.05, 3.63) is 97.4 Å². The van der Waals surface area contributed by atoms with Gasteiger partial charge in [0.05, 0.1) is 17.3 Å². The van der Waals surface area contributed by atoms with E-state index in [1.807, 2.05) is 24.3 Å². The molecule has 1 heterocycles. The van der Waals surface area contributed by atoms with E-state index in [0.29, 0.717) is 35.0 Å². The van der Waals surface area contributed by atoms with E-state index in [4.69, 9.17) is 32.7 Å². The highest BCUT2D eigenvalue weighted by atomic mass is 35.5. The minimum Gasteiger partial charge on any atom is -0.487 e. The van der Waals surface area contributed by atoms with Gasteiger partial charge in [-0.15, -0.1) is 0 Å². The van der Waals surface area contributed by atoms with E-state index in [9.17, 15) is 14.4 Å². The first-order valence-electron chi connectivity index (χ1n) is 11.6. The molecule has 7 nitrogen and oxygen atoms in total. The maximum absolute atomic E-state index is 12.8. The lowest BCUT2D eigenvalue weighted by atomic mass is 10.1. The minimum atomic E-state index is -0.494. The number of nitrogens with one attached hydrogen (secondary N) is 1. The Hall–Kier alpha value is -3.29. The van der Waals surface area contributed by atoms with E-state index >= 15 is 0 Å². The maximum atomic E-state index is 12.8. The van der Waals surface area contributed by atoms with E-state index < -0.39 is 5.97 Å². The number of nitrogens with zero attached hydrogens (tertiary/aromatic N) is 1. The quantitative estimate of drug-likeness (QED) is 0.358. The van der Waals surface area contributed by atoms with Crippen LogP contribution in [0, 0.1) is 0 Å². The average Bonchev–Trinajstić information content (AvgIpc) is 2.88. The molecule has 0 aliphatic rings. The minimum absolute atomic E-state index is 0.0327. The van der Waals surface area contributed by atoms with Gasteiger partial charge in [0, 0.05) is 12.1 Å². The largest absolute Gasteiger partial charge is 0.487 e. The lowest BCUT2D eigenvalue weighted by molar-refractivity contribution is -0.141. The molecular weight excluding hydrogens is 503 g/mol. The van der Waals surface area contributed by atoms with Crippen LogP contribution in [0.3, 0.4) is 0 Å². The Morgan fingerprint density at radius 3 is 2.42 bits per heavy atom. The molecule has 3 aromatic rings. The van der Waals surface area contributed by atoms with Crippen molar-refractivity contribution in [1.29, 1.82) is 0 Å². The number of aryl methyl sites for hydroxylation is 2. The van der Waals surface area contributed by atoms with Crippen molar-refractivity contribution >= 4 is 35.1 Å². The second kappa shape index (κ2) is 13.1. The molecule has 0 atom stereocenters. The molecule has 0 radical (unpaired) electrons. The molecule has 1 aromatic heterocycles. The summed E-state index contributed by atoms with van der Waals surface area (Å²) >= 11 is 12.6. The Labute approximate surface area is 219 Å². The van der Waals surface area contributed by atoms with Crippen molar-refractivity contribution in [2.24, 2.45) is 0 Å². The van der Waals surface area contributed by atoms with Gasteiger partial charge >= 0.3 is 5.97 Å². The molecular formula is C27H28Cl2N2O5. The van der Waals surface area contributed by atoms with E-state index in [1.54, 1.807) is 31.2 Å². The fraction of sp³-hybridized carbons (Fsp3) is 0.296. The number of rotatable bonds is 11. The van der Waals surface area contributed by atoms with Crippen LogP contribution in [0.5, 0.6) is 5.75 Å². The molecule has 0 aliphatic heterocycles. The normalized spacial score (nSPS) is 10.7. The molecule has 3 rings (SSSR count). The molecule has 0 bridgehead atoms. The molecule has 2 aromatic carbocycles. The van der Waals surface area contributed by atoms with Gasteiger partial charge in [-0.05, 0) is 61.2 Å². The summed E-state index contributed by atoms with van der Waals surface area (Å²) in [6, 6.07) is 16.1. The van der Waals surface area contributed by atoms with Crippen molar-refractivity contribution < 1.29 is 19.1 Å². The molecule has 0 saturated heterocycles. The predicted octanol–water partition coefficient (Wildman–Crippen LogP) is 4.83. The molecule has 1 amide bonds. The third-order valence-electron chi connectivity index (χ3n) is 5.53. The van der Waals surface area contributed by atoms with Crippen molar-refractivity contribution in [1.82, 2.24) is 9.88 Å². The van der Waals surface area contributed by atoms with Gasteiger partial charge < -0.3 is 19.4 Å². The number of benzene rings is 2. The van der Waals surface area contributed by atoms with Crippen molar-refractivity contribution in [2.45, 2.75) is 39.8 Å². The van der Waals surface area contributed by atoms with Crippen LogP contribution < -0.4 is 15.6 Å². The molecule has 0 aliphatic carbocycles. The number of amides is 1. The van der Waals surface area contributed by atoms with Gasteiger partial charge in [0.2, 0.25) is 0 Å². The topological polar surface area (TPSA) is 86.6 Å². The number of aromatic nitrogens is 1. The first-order chi connectivity index (χ1) is 17.3. The smallest absolute Gasteiger partial charge is 0.325 e. The number of halogens is 2. The van der Waals surface area contributed by atoms with Crippen LogP contribution in [0.1, 0.15) is 41.0 Å². The third kappa shape index (κ3) is 7.35. The third-order valence-corrected chi connectivity index (χ3v) is 6.12.